The van der Waals surface area contributed by atoms with Gasteiger partial charge in [-0.3, -0.25) is 19.3 Å². The van der Waals surface area contributed by atoms with E-state index in [2.05, 4.69) is 5.16 Å². The Morgan fingerprint density at radius 3 is 2.31 bits per heavy atom. The molecule has 6 nitrogen and oxygen atoms in total. The molecule has 0 aliphatic carbocycles. The highest BCUT2D eigenvalue weighted by Crippen LogP contribution is 2.44. The summed E-state index contributed by atoms with van der Waals surface area (Å²) in [7, 11) is 0. The van der Waals surface area contributed by atoms with Crippen molar-refractivity contribution in [3.05, 3.63) is 72.0 Å². The summed E-state index contributed by atoms with van der Waals surface area (Å²) in [6.45, 7) is 7.37. The quantitative estimate of drug-likeness (QED) is 0.429. The number of anilines is 1. The Bertz CT molecular complexity index is 1160. The van der Waals surface area contributed by atoms with Crippen LogP contribution < -0.4 is 4.90 Å². The lowest BCUT2D eigenvalue weighted by molar-refractivity contribution is -0.141. The third-order valence-corrected chi connectivity index (χ3v) is 5.96. The van der Waals surface area contributed by atoms with Gasteiger partial charge in [0.15, 0.2) is 5.78 Å². The van der Waals surface area contributed by atoms with Crippen LogP contribution in [-0.4, -0.2) is 22.6 Å². The molecule has 1 amide bonds. The number of carbonyl (C=O) groups is 3. The number of hydrogen-bond acceptors (Lipinski definition) is 5. The van der Waals surface area contributed by atoms with Crippen molar-refractivity contribution < 1.29 is 18.9 Å². The Balaban J connectivity index is 1.85. The number of amides is 1. The number of nitrogens with zero attached hydrogens (tertiary/aromatic N) is 2. The first-order chi connectivity index (χ1) is 15.2. The van der Waals surface area contributed by atoms with E-state index in [4.69, 9.17) is 4.52 Å². The first kappa shape index (κ1) is 21.7. The smallest absolute Gasteiger partial charge is 0.295 e. The molecule has 0 saturated carbocycles. The molecule has 164 valence electrons. The molecule has 1 saturated heterocycles. The lowest BCUT2D eigenvalue weighted by Gasteiger charge is -2.31. The molecule has 0 N–H and O–H groups in total. The van der Waals surface area contributed by atoms with Crippen molar-refractivity contribution in [2.24, 2.45) is 11.3 Å². The van der Waals surface area contributed by atoms with Crippen LogP contribution >= 0.6 is 0 Å². The first-order valence-corrected chi connectivity index (χ1v) is 10.7. The molecule has 2 unspecified atom stereocenters. The predicted octanol–water partition coefficient (Wildman–Crippen LogP) is 4.79. The number of carbonyl (C=O) groups excluding carboxylic acids is 3. The van der Waals surface area contributed by atoms with Gasteiger partial charge in [-0.1, -0.05) is 69.2 Å². The molecule has 32 heavy (non-hydrogen) atoms. The summed E-state index contributed by atoms with van der Waals surface area (Å²) in [6.07, 6.45) is 2.22. The van der Waals surface area contributed by atoms with E-state index in [0.717, 1.165) is 23.1 Å². The third-order valence-electron chi connectivity index (χ3n) is 5.96. The molecule has 6 heteroatoms. The van der Waals surface area contributed by atoms with Crippen LogP contribution in [0.15, 0.2) is 65.4 Å². The van der Waals surface area contributed by atoms with Gasteiger partial charge < -0.3 is 4.52 Å². The van der Waals surface area contributed by atoms with Crippen LogP contribution in [0.3, 0.4) is 0 Å². The van der Waals surface area contributed by atoms with Crippen LogP contribution in [0.5, 0.6) is 0 Å². The van der Waals surface area contributed by atoms with Crippen molar-refractivity contribution in [2.75, 3.05) is 4.90 Å². The highest BCUT2D eigenvalue weighted by Gasteiger charge is 2.54. The second-order valence-corrected chi connectivity index (χ2v) is 9.06. The molecule has 0 radical (unpaired) electrons. The Morgan fingerprint density at radius 1 is 1.03 bits per heavy atom. The highest BCUT2D eigenvalue weighted by molar-refractivity contribution is 6.48. The Morgan fingerprint density at radius 2 is 1.72 bits per heavy atom. The van der Waals surface area contributed by atoms with E-state index < -0.39 is 29.1 Å². The summed E-state index contributed by atoms with van der Waals surface area (Å²) in [5, 5.41) is 3.93. The SMILES string of the molecule is CCc1ccccc1C1C(C(=O)C(C)(C)C)C(=O)C(=O)N1c1ccc(-c2ccon2)cc1. The monoisotopic (exact) mass is 430 g/mol. The standard InChI is InChI=1S/C26H26N2O4/c1-5-16-8-6-7-9-19(16)22-21(24(30)26(2,3)4)23(29)25(31)28(22)18-12-10-17(11-13-18)20-14-15-32-27-20/h6-15,21-22H,5H2,1-4H3. The van der Waals surface area contributed by atoms with Gasteiger partial charge in [0.05, 0.1) is 6.04 Å². The van der Waals surface area contributed by atoms with E-state index in [-0.39, 0.29) is 5.78 Å². The molecule has 4 rings (SSSR count). The zero-order valence-electron chi connectivity index (χ0n) is 18.7. The minimum Gasteiger partial charge on any atom is -0.364 e. The third kappa shape index (κ3) is 3.66. The van der Waals surface area contributed by atoms with Crippen molar-refractivity contribution in [3.8, 4) is 11.3 Å². The lowest BCUT2D eigenvalue weighted by atomic mass is 9.77. The second-order valence-electron chi connectivity index (χ2n) is 9.06. The van der Waals surface area contributed by atoms with Crippen LogP contribution in [0.4, 0.5) is 5.69 Å². The molecule has 2 heterocycles. The number of benzene rings is 2. The number of Topliss-reactive ketones (excluding diaryl/α,β-unsaturated/α-hetero) is 2. The van der Waals surface area contributed by atoms with Crippen LogP contribution in [0.1, 0.15) is 44.9 Å². The van der Waals surface area contributed by atoms with Gasteiger partial charge in [0.1, 0.15) is 17.9 Å². The summed E-state index contributed by atoms with van der Waals surface area (Å²) in [5.74, 6) is -2.59. The van der Waals surface area contributed by atoms with Crippen molar-refractivity contribution in [1.29, 1.82) is 0 Å². The van der Waals surface area contributed by atoms with Crippen LogP contribution in [0, 0.1) is 11.3 Å². The van der Waals surface area contributed by atoms with Crippen molar-refractivity contribution >= 4 is 23.2 Å². The second kappa shape index (κ2) is 8.19. The van der Waals surface area contributed by atoms with E-state index >= 15 is 0 Å². The summed E-state index contributed by atoms with van der Waals surface area (Å²) in [4.78, 5) is 41.3. The molecule has 0 spiro atoms. The highest BCUT2D eigenvalue weighted by atomic mass is 16.5. The number of ketones is 2. The molecule has 1 aliphatic heterocycles. The summed E-state index contributed by atoms with van der Waals surface area (Å²) in [5.41, 5.74) is 3.15. The van der Waals surface area contributed by atoms with Crippen LogP contribution in [-0.2, 0) is 20.8 Å². The minimum atomic E-state index is -1.05. The van der Waals surface area contributed by atoms with E-state index in [9.17, 15) is 14.4 Å². The average molecular weight is 431 g/mol. The number of hydrogen-bond donors (Lipinski definition) is 0. The Hall–Kier alpha value is -3.54. The molecular weight excluding hydrogens is 404 g/mol. The largest absolute Gasteiger partial charge is 0.364 e. The summed E-state index contributed by atoms with van der Waals surface area (Å²) >= 11 is 0. The maximum Gasteiger partial charge on any atom is 0.295 e. The summed E-state index contributed by atoms with van der Waals surface area (Å²) < 4.78 is 4.91. The Kier molecular flexibility index (Phi) is 5.55. The predicted molar refractivity (Wildman–Crippen MR) is 121 cm³/mol. The van der Waals surface area contributed by atoms with Crippen molar-refractivity contribution in [1.82, 2.24) is 5.16 Å². The molecule has 2 atom stereocenters. The van der Waals surface area contributed by atoms with Gasteiger partial charge in [-0.05, 0) is 29.7 Å². The molecule has 1 aromatic heterocycles. The number of aromatic nitrogens is 1. The molecule has 0 bridgehead atoms. The topological polar surface area (TPSA) is 80.5 Å². The van der Waals surface area contributed by atoms with Gasteiger partial charge in [-0.2, -0.15) is 0 Å². The fourth-order valence-electron chi connectivity index (χ4n) is 4.29. The minimum absolute atomic E-state index is 0.228. The Labute approximate surface area is 187 Å². The fourth-order valence-corrected chi connectivity index (χ4v) is 4.29. The van der Waals surface area contributed by atoms with E-state index in [1.807, 2.05) is 43.3 Å². The molecule has 3 aromatic rings. The fraction of sp³-hybridized carbons (Fsp3) is 0.308. The molecule has 1 aliphatic rings. The maximum absolute atomic E-state index is 13.4. The van der Waals surface area contributed by atoms with Crippen LogP contribution in [0.25, 0.3) is 11.3 Å². The van der Waals surface area contributed by atoms with E-state index in [1.165, 1.54) is 11.2 Å². The molecule has 2 aromatic carbocycles. The van der Waals surface area contributed by atoms with Gasteiger partial charge in [-0.25, -0.2) is 0 Å². The van der Waals surface area contributed by atoms with Gasteiger partial charge in [-0.15, -0.1) is 0 Å². The van der Waals surface area contributed by atoms with Crippen molar-refractivity contribution in [2.45, 2.75) is 40.2 Å². The number of aryl methyl sites for hydroxylation is 1. The lowest BCUT2D eigenvalue weighted by Crippen LogP contribution is -2.36. The summed E-state index contributed by atoms with van der Waals surface area (Å²) in [6, 6.07) is 16.0. The maximum atomic E-state index is 13.4. The van der Waals surface area contributed by atoms with Gasteiger partial charge in [0.25, 0.3) is 5.91 Å². The zero-order valence-corrected chi connectivity index (χ0v) is 18.7. The van der Waals surface area contributed by atoms with Gasteiger partial charge >= 0.3 is 0 Å². The molecular formula is C26H26N2O4. The normalized spacial score (nSPS) is 18.9. The van der Waals surface area contributed by atoms with Gasteiger partial charge in [0.2, 0.25) is 5.78 Å². The number of rotatable bonds is 5. The molecule has 1 fully saturated rings. The van der Waals surface area contributed by atoms with E-state index in [1.54, 1.807) is 39.0 Å². The van der Waals surface area contributed by atoms with Crippen LogP contribution in [0.2, 0.25) is 0 Å². The van der Waals surface area contributed by atoms with E-state index in [0.29, 0.717) is 11.4 Å². The zero-order chi connectivity index (χ0) is 23.0. The average Bonchev–Trinajstić information content (AvgIpc) is 3.40. The van der Waals surface area contributed by atoms with Gasteiger partial charge in [0, 0.05) is 22.7 Å². The van der Waals surface area contributed by atoms with Crippen molar-refractivity contribution in [3.63, 3.8) is 0 Å². The first-order valence-electron chi connectivity index (χ1n) is 10.7.